The number of anilines is 2. The molecule has 4 heterocycles. The number of halogens is 1. The number of nitrogens with one attached hydrogen (secondary N) is 2. The number of hydrogen-bond acceptors (Lipinski definition) is 6. The molecule has 2 saturated heterocycles. The number of pyridine rings is 1. The molecule has 8 heteroatoms. The molecule has 43 heavy (non-hydrogen) atoms. The zero-order valence-corrected chi connectivity index (χ0v) is 24.2. The molecule has 0 saturated carbocycles. The topological polar surface area (TPSA) is 69.8 Å². The molecule has 1 unspecified atom stereocenters. The van der Waals surface area contributed by atoms with Crippen LogP contribution >= 0.6 is 0 Å². The molecule has 222 valence electrons. The molecule has 3 aliphatic rings. The maximum atomic E-state index is 13.2. The van der Waals surface area contributed by atoms with Crippen molar-refractivity contribution >= 4 is 11.4 Å². The van der Waals surface area contributed by atoms with Crippen LogP contribution in [0.25, 0.3) is 0 Å². The summed E-state index contributed by atoms with van der Waals surface area (Å²) in [6.45, 7) is 4.93. The van der Waals surface area contributed by atoms with Crippen molar-refractivity contribution in [1.82, 2.24) is 9.88 Å². The van der Waals surface area contributed by atoms with Crippen LogP contribution in [0.15, 0.2) is 83.8 Å². The molecule has 2 fully saturated rings. The molecule has 4 aromatic rings. The van der Waals surface area contributed by atoms with Crippen LogP contribution in [-0.4, -0.2) is 55.3 Å². The van der Waals surface area contributed by atoms with Crippen molar-refractivity contribution in [2.75, 3.05) is 49.5 Å². The lowest BCUT2D eigenvalue weighted by Crippen LogP contribution is -2.41. The van der Waals surface area contributed by atoms with E-state index in [1.165, 1.54) is 11.1 Å². The molecule has 0 spiro atoms. The standard InChI is InChI=1S/C35H37FN4O3/c36-27-8-6-24(7-9-27)12-16-39-17-13-28(14-18-39)38-29-10-11-32-26(22-29)21-25-3-1-4-30(34(25)43-32)33-23-40(19-20-42-33)31-5-2-15-37-35(31)41/h1-11,15,22,28,33,38H,12-14,16-21,23H2,(H,37,41). The van der Waals surface area contributed by atoms with Crippen LogP contribution in [0.1, 0.15) is 41.2 Å². The molecule has 0 radical (unpaired) electrons. The zero-order valence-electron chi connectivity index (χ0n) is 24.2. The fourth-order valence-electron chi connectivity index (χ4n) is 6.54. The van der Waals surface area contributed by atoms with Gasteiger partial charge in [0, 0.05) is 68.2 Å². The SMILES string of the molecule is O=c1[nH]cccc1N1CCOC(c2cccc3c2Oc2ccc(NC4CCN(CCc5ccc(F)cc5)CC4)cc2C3)C1. The van der Waals surface area contributed by atoms with Crippen LogP contribution in [0.5, 0.6) is 11.5 Å². The van der Waals surface area contributed by atoms with Gasteiger partial charge in [0.05, 0.1) is 6.61 Å². The molecule has 0 aliphatic carbocycles. The van der Waals surface area contributed by atoms with E-state index in [-0.39, 0.29) is 17.5 Å². The van der Waals surface area contributed by atoms with Crippen LogP contribution in [0.3, 0.4) is 0 Å². The van der Waals surface area contributed by atoms with Gasteiger partial charge in [-0.1, -0.05) is 30.3 Å². The summed E-state index contributed by atoms with van der Waals surface area (Å²) < 4.78 is 25.9. The van der Waals surface area contributed by atoms with Gasteiger partial charge in [0.25, 0.3) is 5.56 Å². The summed E-state index contributed by atoms with van der Waals surface area (Å²) >= 11 is 0. The average molecular weight is 581 g/mol. The first-order valence-corrected chi connectivity index (χ1v) is 15.3. The van der Waals surface area contributed by atoms with Gasteiger partial charge in [-0.25, -0.2) is 4.39 Å². The summed E-state index contributed by atoms with van der Waals surface area (Å²) in [6.07, 6.45) is 5.40. The predicted molar refractivity (Wildman–Crippen MR) is 167 cm³/mol. The van der Waals surface area contributed by atoms with E-state index >= 15 is 0 Å². The Morgan fingerprint density at radius 3 is 2.65 bits per heavy atom. The fourth-order valence-corrected chi connectivity index (χ4v) is 6.54. The number of nitrogens with zero attached hydrogens (tertiary/aromatic N) is 2. The summed E-state index contributed by atoms with van der Waals surface area (Å²) in [7, 11) is 0. The van der Waals surface area contributed by atoms with Gasteiger partial charge in [-0.3, -0.25) is 4.79 Å². The van der Waals surface area contributed by atoms with E-state index in [4.69, 9.17) is 9.47 Å². The van der Waals surface area contributed by atoms with Crippen molar-refractivity contribution < 1.29 is 13.9 Å². The highest BCUT2D eigenvalue weighted by molar-refractivity contribution is 5.59. The summed E-state index contributed by atoms with van der Waals surface area (Å²) in [4.78, 5) is 19.8. The van der Waals surface area contributed by atoms with E-state index in [0.29, 0.717) is 31.4 Å². The maximum Gasteiger partial charge on any atom is 0.271 e. The zero-order chi connectivity index (χ0) is 29.2. The predicted octanol–water partition coefficient (Wildman–Crippen LogP) is 5.91. The van der Waals surface area contributed by atoms with Gasteiger partial charge in [-0.05, 0) is 72.9 Å². The Balaban J connectivity index is 0.974. The molecule has 1 aromatic heterocycles. The number of morpholine rings is 1. The number of fused-ring (bicyclic) bond motifs is 2. The van der Waals surface area contributed by atoms with E-state index in [9.17, 15) is 9.18 Å². The Bertz CT molecular complexity index is 1630. The van der Waals surface area contributed by atoms with E-state index in [1.807, 2.05) is 24.3 Å². The third-order valence-electron chi connectivity index (χ3n) is 8.92. The van der Waals surface area contributed by atoms with Crippen molar-refractivity contribution in [3.8, 4) is 11.5 Å². The number of likely N-dealkylation sites (tertiary alicyclic amines) is 1. The molecule has 1 atom stereocenters. The summed E-state index contributed by atoms with van der Waals surface area (Å²) in [6, 6.07) is 23.7. The number of ether oxygens (including phenoxy) is 2. The average Bonchev–Trinajstić information content (AvgIpc) is 3.04. The first-order chi connectivity index (χ1) is 21.1. The number of aromatic nitrogens is 1. The van der Waals surface area contributed by atoms with Crippen LogP contribution in [0, 0.1) is 5.82 Å². The second-order valence-corrected chi connectivity index (χ2v) is 11.8. The Labute approximate surface area is 251 Å². The Hall–Kier alpha value is -4.14. The van der Waals surface area contributed by atoms with Gasteiger partial charge in [-0.2, -0.15) is 0 Å². The molecule has 0 bridgehead atoms. The minimum Gasteiger partial charge on any atom is -0.456 e. The van der Waals surface area contributed by atoms with Gasteiger partial charge in [-0.15, -0.1) is 0 Å². The van der Waals surface area contributed by atoms with Crippen LogP contribution < -0.4 is 20.5 Å². The smallest absolute Gasteiger partial charge is 0.271 e. The summed E-state index contributed by atoms with van der Waals surface area (Å²) in [5.74, 6) is 1.58. The van der Waals surface area contributed by atoms with E-state index in [0.717, 1.165) is 73.6 Å². The van der Waals surface area contributed by atoms with Gasteiger partial charge in [0.2, 0.25) is 0 Å². The lowest BCUT2D eigenvalue weighted by molar-refractivity contribution is 0.0383. The second-order valence-electron chi connectivity index (χ2n) is 11.8. The minimum atomic E-state index is -0.188. The molecular weight excluding hydrogens is 543 g/mol. The van der Waals surface area contributed by atoms with Gasteiger partial charge in [0.1, 0.15) is 29.1 Å². The molecule has 7 nitrogen and oxygen atoms in total. The quantitative estimate of drug-likeness (QED) is 0.250. The van der Waals surface area contributed by atoms with Crippen molar-refractivity contribution in [2.24, 2.45) is 0 Å². The maximum absolute atomic E-state index is 13.2. The van der Waals surface area contributed by atoms with Crippen LogP contribution in [-0.2, 0) is 17.6 Å². The van der Waals surface area contributed by atoms with E-state index in [2.05, 4.69) is 56.5 Å². The highest BCUT2D eigenvalue weighted by Crippen LogP contribution is 2.43. The first-order valence-electron chi connectivity index (χ1n) is 15.3. The highest BCUT2D eigenvalue weighted by Gasteiger charge is 2.29. The number of rotatable bonds is 7. The third kappa shape index (κ3) is 6.17. The molecule has 3 aromatic carbocycles. The number of H-pyrrole nitrogens is 1. The van der Waals surface area contributed by atoms with E-state index < -0.39 is 0 Å². The molecule has 0 amide bonds. The first kappa shape index (κ1) is 27.7. The number of hydrogen-bond donors (Lipinski definition) is 2. The van der Waals surface area contributed by atoms with Gasteiger partial charge >= 0.3 is 0 Å². The number of para-hydroxylation sites is 1. The normalized spacial score (nSPS) is 18.9. The second kappa shape index (κ2) is 12.2. The molecule has 7 rings (SSSR count). The molecular formula is C35H37FN4O3. The summed E-state index contributed by atoms with van der Waals surface area (Å²) in [5, 5.41) is 3.77. The monoisotopic (exact) mass is 580 g/mol. The highest BCUT2D eigenvalue weighted by atomic mass is 19.1. The Morgan fingerprint density at radius 1 is 0.953 bits per heavy atom. The van der Waals surface area contributed by atoms with Crippen molar-refractivity contribution in [3.63, 3.8) is 0 Å². The van der Waals surface area contributed by atoms with E-state index in [1.54, 1.807) is 18.3 Å². The van der Waals surface area contributed by atoms with Gasteiger partial charge in [0.15, 0.2) is 0 Å². The number of piperidine rings is 1. The number of benzene rings is 3. The molecule has 3 aliphatic heterocycles. The Morgan fingerprint density at radius 2 is 1.81 bits per heavy atom. The van der Waals surface area contributed by atoms with Crippen LogP contribution in [0.4, 0.5) is 15.8 Å². The summed E-state index contributed by atoms with van der Waals surface area (Å²) in [5.41, 5.74) is 6.24. The largest absolute Gasteiger partial charge is 0.456 e. The lowest BCUT2D eigenvalue weighted by atomic mass is 9.95. The van der Waals surface area contributed by atoms with Crippen molar-refractivity contribution in [2.45, 2.75) is 37.8 Å². The fraction of sp³-hybridized carbons (Fsp3) is 0.343. The van der Waals surface area contributed by atoms with Crippen molar-refractivity contribution in [3.05, 3.63) is 117 Å². The van der Waals surface area contributed by atoms with Crippen LogP contribution in [0.2, 0.25) is 0 Å². The van der Waals surface area contributed by atoms with Gasteiger partial charge < -0.3 is 29.6 Å². The third-order valence-corrected chi connectivity index (χ3v) is 8.92. The molecule has 2 N–H and O–H groups in total. The van der Waals surface area contributed by atoms with Crippen molar-refractivity contribution in [1.29, 1.82) is 0 Å². The lowest BCUT2D eigenvalue weighted by Gasteiger charge is -2.35. The Kier molecular flexibility index (Phi) is 7.87. The number of aromatic amines is 1. The minimum absolute atomic E-state index is 0.0831.